The van der Waals surface area contributed by atoms with Gasteiger partial charge in [-0.05, 0) is 23.8 Å². The molecule has 0 aliphatic carbocycles. The normalized spacial score (nSPS) is 10.8. The summed E-state index contributed by atoms with van der Waals surface area (Å²) < 4.78 is 1.11. The van der Waals surface area contributed by atoms with Crippen molar-refractivity contribution in [3.8, 4) is 0 Å². The second-order valence-corrected chi connectivity index (χ2v) is 5.88. The van der Waals surface area contributed by atoms with Gasteiger partial charge in [-0.2, -0.15) is 0 Å². The van der Waals surface area contributed by atoms with Crippen LogP contribution < -0.4 is 0 Å². The number of hydrogen-bond acceptors (Lipinski definition) is 4. The molecule has 2 aromatic carbocycles. The highest BCUT2D eigenvalue weighted by atomic mass is 35.5. The van der Waals surface area contributed by atoms with E-state index in [0.29, 0.717) is 11.4 Å². The summed E-state index contributed by atoms with van der Waals surface area (Å²) in [6, 6.07) is 12.5. The Labute approximate surface area is 123 Å². The van der Waals surface area contributed by atoms with E-state index in [4.69, 9.17) is 11.6 Å². The molecule has 6 heteroatoms. The van der Waals surface area contributed by atoms with Gasteiger partial charge in [0.2, 0.25) is 0 Å². The maximum absolute atomic E-state index is 10.8. The average Bonchev–Trinajstić information content (AvgIpc) is 2.79. The third kappa shape index (κ3) is 2.64. The fourth-order valence-corrected chi connectivity index (χ4v) is 3.26. The molecule has 0 radical (unpaired) electrons. The number of nitro groups is 1. The Morgan fingerprint density at radius 2 is 2.05 bits per heavy atom. The average molecular weight is 305 g/mol. The minimum absolute atomic E-state index is 0.00797. The third-order valence-corrected chi connectivity index (χ3v) is 4.10. The summed E-state index contributed by atoms with van der Waals surface area (Å²) in [5.41, 5.74) is 1.75. The van der Waals surface area contributed by atoms with Crippen LogP contribution in [-0.4, -0.2) is 9.91 Å². The van der Waals surface area contributed by atoms with Gasteiger partial charge in [-0.25, -0.2) is 4.98 Å². The van der Waals surface area contributed by atoms with Crippen LogP contribution in [-0.2, 0) is 6.42 Å². The molecule has 0 fully saturated rings. The maximum atomic E-state index is 10.8. The Balaban J connectivity index is 1.96. The summed E-state index contributed by atoms with van der Waals surface area (Å²) in [5, 5.41) is 12.1. The van der Waals surface area contributed by atoms with E-state index < -0.39 is 4.92 Å². The summed E-state index contributed by atoms with van der Waals surface area (Å²) in [4.78, 5) is 14.9. The zero-order chi connectivity index (χ0) is 14.1. The SMILES string of the molecule is O=[N+]([O-])c1cc(Cl)cc(Cc2nc3ccccc3s2)c1. The Kier molecular flexibility index (Phi) is 3.38. The molecule has 0 aliphatic heterocycles. The number of non-ortho nitro benzene ring substituents is 1. The molecule has 0 amide bonds. The van der Waals surface area contributed by atoms with Gasteiger partial charge in [-0.1, -0.05) is 23.7 Å². The smallest absolute Gasteiger partial charge is 0.258 e. The third-order valence-electron chi connectivity index (χ3n) is 2.85. The Hall–Kier alpha value is -1.98. The lowest BCUT2D eigenvalue weighted by atomic mass is 10.1. The molecule has 20 heavy (non-hydrogen) atoms. The first kappa shape index (κ1) is 13.0. The lowest BCUT2D eigenvalue weighted by Crippen LogP contribution is -1.92. The lowest BCUT2D eigenvalue weighted by molar-refractivity contribution is -0.384. The van der Waals surface area contributed by atoms with Crippen molar-refractivity contribution in [2.75, 3.05) is 0 Å². The van der Waals surface area contributed by atoms with Gasteiger partial charge in [0.15, 0.2) is 0 Å². The summed E-state index contributed by atoms with van der Waals surface area (Å²) in [6.45, 7) is 0. The molecule has 0 spiro atoms. The van der Waals surface area contributed by atoms with Gasteiger partial charge in [0.1, 0.15) is 0 Å². The predicted octanol–water partition coefficient (Wildman–Crippen LogP) is 4.45. The number of hydrogen-bond donors (Lipinski definition) is 0. The van der Waals surface area contributed by atoms with E-state index in [2.05, 4.69) is 4.98 Å². The Bertz CT molecular complexity index is 768. The second-order valence-electron chi connectivity index (χ2n) is 4.33. The van der Waals surface area contributed by atoms with E-state index in [9.17, 15) is 10.1 Å². The zero-order valence-corrected chi connectivity index (χ0v) is 11.8. The van der Waals surface area contributed by atoms with Crippen molar-refractivity contribution < 1.29 is 4.92 Å². The van der Waals surface area contributed by atoms with Gasteiger partial charge in [0, 0.05) is 23.6 Å². The van der Waals surface area contributed by atoms with Crippen LogP contribution >= 0.6 is 22.9 Å². The van der Waals surface area contributed by atoms with E-state index in [1.165, 1.54) is 12.1 Å². The molecule has 3 aromatic rings. The van der Waals surface area contributed by atoms with E-state index in [0.717, 1.165) is 20.8 Å². The summed E-state index contributed by atoms with van der Waals surface area (Å²) >= 11 is 7.51. The molecule has 1 aromatic heterocycles. The van der Waals surface area contributed by atoms with Crippen LogP contribution in [0, 0.1) is 10.1 Å². The van der Waals surface area contributed by atoms with Gasteiger partial charge in [0.25, 0.3) is 5.69 Å². The van der Waals surface area contributed by atoms with Crippen molar-refractivity contribution in [2.45, 2.75) is 6.42 Å². The maximum Gasteiger partial charge on any atom is 0.271 e. The number of rotatable bonds is 3. The van der Waals surface area contributed by atoms with Gasteiger partial charge in [-0.3, -0.25) is 10.1 Å². The molecule has 100 valence electrons. The molecule has 0 unspecified atom stereocenters. The Morgan fingerprint density at radius 3 is 2.80 bits per heavy atom. The molecular formula is C14H9ClN2O2S. The molecule has 1 heterocycles. The molecular weight excluding hydrogens is 296 g/mol. The molecule has 0 bridgehead atoms. The van der Waals surface area contributed by atoms with Crippen molar-refractivity contribution >= 4 is 38.8 Å². The first-order valence-electron chi connectivity index (χ1n) is 5.90. The van der Waals surface area contributed by atoms with Crippen LogP contribution in [0.2, 0.25) is 5.02 Å². The van der Waals surface area contributed by atoms with E-state index >= 15 is 0 Å². The van der Waals surface area contributed by atoms with Crippen molar-refractivity contribution in [2.24, 2.45) is 0 Å². The van der Waals surface area contributed by atoms with E-state index in [1.807, 2.05) is 24.3 Å². The monoisotopic (exact) mass is 304 g/mol. The number of aromatic nitrogens is 1. The lowest BCUT2D eigenvalue weighted by Gasteiger charge is -2.00. The minimum Gasteiger partial charge on any atom is -0.258 e. The number of nitrogens with zero attached hydrogens (tertiary/aromatic N) is 2. The molecule has 0 saturated carbocycles. The van der Waals surface area contributed by atoms with Crippen LogP contribution in [0.25, 0.3) is 10.2 Å². The van der Waals surface area contributed by atoms with Gasteiger partial charge in [0.05, 0.1) is 20.1 Å². The zero-order valence-electron chi connectivity index (χ0n) is 10.2. The first-order chi connectivity index (χ1) is 9.61. The van der Waals surface area contributed by atoms with Crippen LogP contribution in [0.1, 0.15) is 10.6 Å². The fourth-order valence-electron chi connectivity index (χ4n) is 2.01. The number of halogens is 1. The second kappa shape index (κ2) is 5.19. The topological polar surface area (TPSA) is 56.0 Å². The standard InChI is InChI=1S/C14H9ClN2O2S/c15-10-5-9(6-11(8-10)17(18)19)7-14-16-12-3-1-2-4-13(12)20-14/h1-6,8H,7H2. The van der Waals surface area contributed by atoms with Crippen LogP contribution in [0.4, 0.5) is 5.69 Å². The highest BCUT2D eigenvalue weighted by Gasteiger charge is 2.11. The van der Waals surface area contributed by atoms with Gasteiger partial charge < -0.3 is 0 Å². The first-order valence-corrected chi connectivity index (χ1v) is 7.09. The Morgan fingerprint density at radius 1 is 1.25 bits per heavy atom. The molecule has 4 nitrogen and oxygen atoms in total. The summed E-state index contributed by atoms with van der Waals surface area (Å²) in [7, 11) is 0. The largest absolute Gasteiger partial charge is 0.271 e. The highest BCUT2D eigenvalue weighted by Crippen LogP contribution is 2.26. The molecule has 0 saturated heterocycles. The highest BCUT2D eigenvalue weighted by molar-refractivity contribution is 7.18. The number of thiazole rings is 1. The fraction of sp³-hybridized carbons (Fsp3) is 0.0714. The van der Waals surface area contributed by atoms with Gasteiger partial charge >= 0.3 is 0 Å². The molecule has 0 atom stereocenters. The number of fused-ring (bicyclic) bond motifs is 1. The minimum atomic E-state index is -0.437. The van der Waals surface area contributed by atoms with Gasteiger partial charge in [-0.15, -0.1) is 11.3 Å². The number of para-hydroxylation sites is 1. The van der Waals surface area contributed by atoms with E-state index in [-0.39, 0.29) is 5.69 Å². The summed E-state index contributed by atoms with van der Waals surface area (Å²) in [6.07, 6.45) is 0.542. The van der Waals surface area contributed by atoms with Crippen LogP contribution in [0.15, 0.2) is 42.5 Å². The summed E-state index contributed by atoms with van der Waals surface area (Å²) in [5.74, 6) is 0. The van der Waals surface area contributed by atoms with Crippen LogP contribution in [0.3, 0.4) is 0 Å². The number of benzene rings is 2. The van der Waals surface area contributed by atoms with Crippen molar-refractivity contribution in [1.29, 1.82) is 0 Å². The van der Waals surface area contributed by atoms with Crippen molar-refractivity contribution in [1.82, 2.24) is 4.98 Å². The molecule has 0 aliphatic rings. The van der Waals surface area contributed by atoms with Crippen molar-refractivity contribution in [3.63, 3.8) is 0 Å². The predicted molar refractivity (Wildman–Crippen MR) is 80.5 cm³/mol. The molecule has 3 rings (SSSR count). The van der Waals surface area contributed by atoms with Crippen molar-refractivity contribution in [3.05, 3.63) is 68.2 Å². The van der Waals surface area contributed by atoms with Crippen LogP contribution in [0.5, 0.6) is 0 Å². The van der Waals surface area contributed by atoms with E-state index in [1.54, 1.807) is 17.4 Å². The molecule has 0 N–H and O–H groups in total. The number of nitro benzene ring substituents is 1. The quantitative estimate of drug-likeness (QED) is 0.530.